The maximum absolute atomic E-state index is 2.90. The zero-order chi connectivity index (χ0) is 7.07. The quantitative estimate of drug-likeness (QED) is 0.547. The monoisotopic (exact) mass is 162 g/mol. The maximum atomic E-state index is 2.90. The first-order chi connectivity index (χ1) is 4.09. The second-order valence-electron chi connectivity index (χ2n) is 3.41. The van der Waals surface area contributed by atoms with Gasteiger partial charge in [-0.05, 0) is 29.6 Å². The molecule has 1 rings (SSSR count). The summed E-state index contributed by atoms with van der Waals surface area (Å²) in [6, 6.07) is 0. The second-order valence-corrected chi connectivity index (χ2v) is 5.62. The van der Waals surface area contributed by atoms with Gasteiger partial charge >= 0.3 is 0 Å². The molecule has 0 radical (unpaired) electrons. The van der Waals surface area contributed by atoms with Gasteiger partial charge < -0.3 is 0 Å². The molecule has 0 N–H and O–H groups in total. The van der Waals surface area contributed by atoms with E-state index in [4.69, 9.17) is 0 Å². The molecule has 0 heterocycles. The van der Waals surface area contributed by atoms with Crippen LogP contribution >= 0.6 is 18.5 Å². The van der Waals surface area contributed by atoms with E-state index in [9.17, 15) is 0 Å². The zero-order valence-corrected chi connectivity index (χ0v) is 8.53. The van der Waals surface area contributed by atoms with Crippen molar-refractivity contribution in [3.8, 4) is 0 Å². The minimum atomic E-state index is 0.676. The van der Waals surface area contributed by atoms with Gasteiger partial charge in [-0.15, -0.1) is 18.5 Å². The molecule has 0 aromatic rings. The Hall–Kier alpha value is 0.860. The number of hydrogen-bond donors (Lipinski definition) is 0. The van der Waals surface area contributed by atoms with E-state index in [0.29, 0.717) is 5.41 Å². The summed E-state index contributed by atoms with van der Waals surface area (Å²) in [6.07, 6.45) is 2.87. The third kappa shape index (κ3) is 1.31. The van der Waals surface area contributed by atoms with Crippen LogP contribution in [0, 0.1) is 11.3 Å². The normalized spacial score (nSPS) is 23.3. The minimum Gasteiger partial charge on any atom is -0.130 e. The van der Waals surface area contributed by atoms with Gasteiger partial charge in [0.25, 0.3) is 0 Å². The summed E-state index contributed by atoms with van der Waals surface area (Å²) in [5.74, 6) is 0.859. The highest BCUT2D eigenvalue weighted by molar-refractivity contribution is 7.38. The fraction of sp³-hybridized carbons (Fsp3) is 1.00. The van der Waals surface area contributed by atoms with Gasteiger partial charge in [0.2, 0.25) is 0 Å². The van der Waals surface area contributed by atoms with Crippen molar-refractivity contribution in [3.05, 3.63) is 0 Å². The van der Waals surface area contributed by atoms with Crippen LogP contribution in [0.3, 0.4) is 0 Å². The highest BCUT2D eigenvalue weighted by atomic mass is 31.1. The SMILES string of the molecule is CC(C)C1(C(P)P)CC1. The molecule has 1 aliphatic rings. The summed E-state index contributed by atoms with van der Waals surface area (Å²) in [5.41, 5.74) is 0.676. The van der Waals surface area contributed by atoms with E-state index in [1.54, 1.807) is 0 Å². The smallest absolute Gasteiger partial charge is 0.00595 e. The first-order valence-corrected chi connectivity index (χ1v) is 4.94. The van der Waals surface area contributed by atoms with E-state index < -0.39 is 0 Å². The third-order valence-corrected chi connectivity index (χ3v) is 3.97. The van der Waals surface area contributed by atoms with Gasteiger partial charge in [-0.25, -0.2) is 0 Å². The lowest BCUT2D eigenvalue weighted by molar-refractivity contribution is 0.390. The summed E-state index contributed by atoms with van der Waals surface area (Å²) in [6.45, 7) is 4.66. The fourth-order valence-electron chi connectivity index (χ4n) is 1.44. The molecule has 54 valence electrons. The van der Waals surface area contributed by atoms with Gasteiger partial charge in [0.15, 0.2) is 0 Å². The Bertz CT molecular complexity index is 93.5. The van der Waals surface area contributed by atoms with E-state index in [1.807, 2.05) is 0 Å². The molecule has 9 heavy (non-hydrogen) atoms. The molecule has 0 nitrogen and oxygen atoms in total. The highest BCUT2D eigenvalue weighted by Gasteiger charge is 2.47. The van der Waals surface area contributed by atoms with Gasteiger partial charge in [-0.2, -0.15) is 0 Å². The van der Waals surface area contributed by atoms with Crippen molar-refractivity contribution in [1.82, 2.24) is 0 Å². The molecule has 0 aliphatic heterocycles. The first kappa shape index (κ1) is 7.96. The Morgan fingerprint density at radius 2 is 1.67 bits per heavy atom. The number of rotatable bonds is 2. The molecule has 2 atom stereocenters. The van der Waals surface area contributed by atoms with Crippen molar-refractivity contribution in [2.75, 3.05) is 0 Å². The van der Waals surface area contributed by atoms with Crippen LogP contribution in [0.1, 0.15) is 26.7 Å². The van der Waals surface area contributed by atoms with E-state index in [0.717, 1.165) is 11.3 Å². The molecule has 1 saturated carbocycles. The van der Waals surface area contributed by atoms with Gasteiger partial charge in [-0.3, -0.25) is 0 Å². The Morgan fingerprint density at radius 1 is 1.22 bits per heavy atom. The summed E-state index contributed by atoms with van der Waals surface area (Å²) < 4.78 is 0. The van der Waals surface area contributed by atoms with Crippen LogP contribution in [-0.2, 0) is 0 Å². The fourth-order valence-corrected chi connectivity index (χ4v) is 2.88. The molecule has 1 fully saturated rings. The summed E-state index contributed by atoms with van der Waals surface area (Å²) in [5, 5.41) is 0.734. The molecular weight excluding hydrogens is 146 g/mol. The lowest BCUT2D eigenvalue weighted by atomic mass is 9.94. The Morgan fingerprint density at radius 3 is 1.67 bits per heavy atom. The Labute approximate surface area is 62.6 Å². The third-order valence-electron chi connectivity index (χ3n) is 2.64. The lowest BCUT2D eigenvalue weighted by Gasteiger charge is -2.23. The van der Waals surface area contributed by atoms with E-state index in [2.05, 4.69) is 32.3 Å². The first-order valence-electron chi connectivity index (χ1n) is 3.61. The van der Waals surface area contributed by atoms with Crippen molar-refractivity contribution in [1.29, 1.82) is 0 Å². The van der Waals surface area contributed by atoms with Gasteiger partial charge in [0.1, 0.15) is 0 Å². The average Bonchev–Trinajstić information content (AvgIpc) is 2.40. The average molecular weight is 162 g/mol. The Balaban J connectivity index is 2.52. The predicted octanol–water partition coefficient (Wildman–Crippen LogP) is 2.50. The molecule has 2 unspecified atom stereocenters. The van der Waals surface area contributed by atoms with Crippen molar-refractivity contribution >= 4 is 18.5 Å². The van der Waals surface area contributed by atoms with Crippen LogP contribution in [0.15, 0.2) is 0 Å². The number of hydrogen-bond acceptors (Lipinski definition) is 0. The summed E-state index contributed by atoms with van der Waals surface area (Å²) in [4.78, 5) is 0. The van der Waals surface area contributed by atoms with E-state index >= 15 is 0 Å². The maximum Gasteiger partial charge on any atom is -0.00595 e. The van der Waals surface area contributed by atoms with Crippen molar-refractivity contribution in [2.45, 2.75) is 32.1 Å². The van der Waals surface area contributed by atoms with Crippen LogP contribution in [0.25, 0.3) is 0 Å². The predicted molar refractivity (Wildman–Crippen MR) is 49.7 cm³/mol. The van der Waals surface area contributed by atoms with Gasteiger partial charge in [-0.1, -0.05) is 13.8 Å². The molecule has 0 bridgehead atoms. The van der Waals surface area contributed by atoms with E-state index in [-0.39, 0.29) is 0 Å². The highest BCUT2D eigenvalue weighted by Crippen LogP contribution is 2.58. The van der Waals surface area contributed by atoms with Crippen LogP contribution < -0.4 is 0 Å². The van der Waals surface area contributed by atoms with Crippen LogP contribution in [0.2, 0.25) is 0 Å². The standard InChI is InChI=1S/C7H16P2/c1-5(2)7(3-4-7)6(8)9/h5-6H,3-4,8-9H2,1-2H3. The molecule has 0 aromatic heterocycles. The largest absolute Gasteiger partial charge is 0.130 e. The molecule has 2 heteroatoms. The van der Waals surface area contributed by atoms with E-state index in [1.165, 1.54) is 12.8 Å². The topological polar surface area (TPSA) is 0 Å². The van der Waals surface area contributed by atoms with Crippen LogP contribution in [-0.4, -0.2) is 5.40 Å². The molecular formula is C7H16P2. The van der Waals surface area contributed by atoms with Gasteiger partial charge in [0.05, 0.1) is 0 Å². The molecule has 0 spiro atoms. The van der Waals surface area contributed by atoms with Gasteiger partial charge in [0, 0.05) is 0 Å². The molecule has 1 aliphatic carbocycles. The van der Waals surface area contributed by atoms with Crippen LogP contribution in [0.5, 0.6) is 0 Å². The van der Waals surface area contributed by atoms with Crippen molar-refractivity contribution in [2.24, 2.45) is 11.3 Å². The molecule has 0 saturated heterocycles. The van der Waals surface area contributed by atoms with Crippen molar-refractivity contribution < 1.29 is 0 Å². The summed E-state index contributed by atoms with van der Waals surface area (Å²) in [7, 11) is 5.79. The Kier molecular flexibility index (Phi) is 2.19. The van der Waals surface area contributed by atoms with Crippen LogP contribution in [0.4, 0.5) is 0 Å². The molecule has 0 aromatic carbocycles. The minimum absolute atomic E-state index is 0.676. The lowest BCUT2D eigenvalue weighted by Crippen LogP contribution is -2.16. The molecule has 0 amide bonds. The summed E-state index contributed by atoms with van der Waals surface area (Å²) >= 11 is 0. The van der Waals surface area contributed by atoms with Crippen molar-refractivity contribution in [3.63, 3.8) is 0 Å². The zero-order valence-electron chi connectivity index (χ0n) is 6.22. The second kappa shape index (κ2) is 2.48.